The zero-order valence-electron chi connectivity index (χ0n) is 14.6. The second-order valence-corrected chi connectivity index (χ2v) is 8.67. The molecular weight excluding hydrogens is 322 g/mol. The van der Waals surface area contributed by atoms with Crippen LogP contribution in [0.25, 0.3) is 0 Å². The van der Waals surface area contributed by atoms with Crippen LogP contribution in [0.15, 0.2) is 0 Å². The highest BCUT2D eigenvalue weighted by Crippen LogP contribution is 2.26. The molecule has 2 saturated heterocycles. The molecule has 2 N–H and O–H groups in total. The third-order valence-corrected chi connectivity index (χ3v) is 6.91. The Morgan fingerprint density at radius 1 is 0.958 bits per heavy atom. The molecule has 1 saturated carbocycles. The van der Waals surface area contributed by atoms with Crippen LogP contribution in [0.2, 0.25) is 0 Å². The number of carbonyl (C=O) groups excluding carboxylic acids is 2. The zero-order valence-corrected chi connectivity index (χ0v) is 15.4. The molecule has 5 nitrogen and oxygen atoms in total. The van der Waals surface area contributed by atoms with Gasteiger partial charge >= 0.3 is 11.8 Å². The molecule has 3 aliphatic rings. The lowest BCUT2D eigenvalue weighted by molar-refractivity contribution is -0.139. The average molecular weight is 354 g/mol. The summed E-state index contributed by atoms with van der Waals surface area (Å²) in [7, 11) is 0. The van der Waals surface area contributed by atoms with E-state index in [1.54, 1.807) is 0 Å². The summed E-state index contributed by atoms with van der Waals surface area (Å²) >= 11 is 2.07. The van der Waals surface area contributed by atoms with Gasteiger partial charge in [-0.3, -0.25) is 14.5 Å². The maximum atomic E-state index is 12.0. The normalized spacial score (nSPS) is 27.1. The van der Waals surface area contributed by atoms with E-state index in [4.69, 9.17) is 0 Å². The van der Waals surface area contributed by atoms with E-state index in [1.165, 1.54) is 24.3 Å². The Morgan fingerprint density at radius 3 is 2.38 bits per heavy atom. The molecule has 0 bridgehead atoms. The van der Waals surface area contributed by atoms with Crippen LogP contribution in [0.4, 0.5) is 0 Å². The first-order valence-corrected chi connectivity index (χ1v) is 10.8. The number of piperidine rings is 1. The highest BCUT2D eigenvalue weighted by atomic mass is 32.2. The van der Waals surface area contributed by atoms with Gasteiger partial charge in [-0.15, -0.1) is 0 Å². The Morgan fingerprint density at radius 2 is 1.71 bits per heavy atom. The first kappa shape index (κ1) is 18.1. The van der Waals surface area contributed by atoms with Crippen molar-refractivity contribution in [1.29, 1.82) is 0 Å². The SMILES string of the molecule is O=C(NCC1CCN(C2CCSC2)CC1)C(=O)NC1CCCCC1. The molecule has 3 rings (SSSR count). The Bertz CT molecular complexity index is 426. The lowest BCUT2D eigenvalue weighted by Gasteiger charge is -2.35. The molecule has 2 aliphatic heterocycles. The van der Waals surface area contributed by atoms with E-state index in [-0.39, 0.29) is 6.04 Å². The zero-order chi connectivity index (χ0) is 16.8. The van der Waals surface area contributed by atoms with Gasteiger partial charge in [0, 0.05) is 24.4 Å². The number of likely N-dealkylation sites (tertiary alicyclic amines) is 1. The standard InChI is InChI=1S/C18H31N3O2S/c22-17(18(23)20-15-4-2-1-3-5-15)19-12-14-6-9-21(10-7-14)16-8-11-24-13-16/h14-16H,1-13H2,(H,19,22)(H,20,23). The number of nitrogens with zero attached hydrogens (tertiary/aromatic N) is 1. The monoisotopic (exact) mass is 353 g/mol. The molecule has 0 aromatic rings. The van der Waals surface area contributed by atoms with Crippen molar-refractivity contribution in [3.05, 3.63) is 0 Å². The Balaban J connectivity index is 1.32. The Hall–Kier alpha value is -0.750. The van der Waals surface area contributed by atoms with Crippen LogP contribution in [0.5, 0.6) is 0 Å². The number of carbonyl (C=O) groups is 2. The molecule has 6 heteroatoms. The van der Waals surface area contributed by atoms with Gasteiger partial charge in [0.05, 0.1) is 0 Å². The average Bonchev–Trinajstić information content (AvgIpc) is 3.15. The minimum Gasteiger partial charge on any atom is -0.348 e. The minimum atomic E-state index is -0.449. The van der Waals surface area contributed by atoms with Crippen molar-refractivity contribution < 1.29 is 9.59 Å². The molecule has 136 valence electrons. The van der Waals surface area contributed by atoms with E-state index >= 15 is 0 Å². The van der Waals surface area contributed by atoms with Crippen LogP contribution in [-0.2, 0) is 9.59 Å². The number of nitrogens with one attached hydrogen (secondary N) is 2. The Labute approximate surface area is 149 Å². The molecule has 0 aromatic carbocycles. The highest BCUT2D eigenvalue weighted by Gasteiger charge is 2.28. The smallest absolute Gasteiger partial charge is 0.309 e. The fourth-order valence-corrected chi connectivity index (χ4v) is 5.40. The van der Waals surface area contributed by atoms with E-state index in [0.29, 0.717) is 12.5 Å². The van der Waals surface area contributed by atoms with Gasteiger partial charge in [-0.25, -0.2) is 0 Å². The van der Waals surface area contributed by atoms with Crippen molar-refractivity contribution in [3.63, 3.8) is 0 Å². The van der Waals surface area contributed by atoms with Gasteiger partial charge in [0.1, 0.15) is 0 Å². The number of hydrogen-bond acceptors (Lipinski definition) is 4. The second kappa shape index (κ2) is 9.09. The summed E-state index contributed by atoms with van der Waals surface area (Å²) in [5, 5.41) is 5.74. The van der Waals surface area contributed by atoms with Gasteiger partial charge in [0.25, 0.3) is 0 Å². The van der Waals surface area contributed by atoms with Crippen LogP contribution in [0.1, 0.15) is 51.4 Å². The summed E-state index contributed by atoms with van der Waals surface area (Å²) in [5.74, 6) is 2.21. The molecular formula is C18H31N3O2S. The fourth-order valence-electron chi connectivity index (χ4n) is 4.15. The minimum absolute atomic E-state index is 0.199. The number of amides is 2. The van der Waals surface area contributed by atoms with Crippen LogP contribution < -0.4 is 10.6 Å². The van der Waals surface area contributed by atoms with Gasteiger partial charge in [-0.2, -0.15) is 11.8 Å². The molecule has 0 aromatic heterocycles. The van der Waals surface area contributed by atoms with Crippen molar-refractivity contribution in [2.45, 2.75) is 63.5 Å². The van der Waals surface area contributed by atoms with E-state index in [2.05, 4.69) is 27.3 Å². The summed E-state index contributed by atoms with van der Waals surface area (Å²) in [6.45, 7) is 2.92. The van der Waals surface area contributed by atoms with Crippen molar-refractivity contribution >= 4 is 23.6 Å². The molecule has 24 heavy (non-hydrogen) atoms. The Kier molecular flexibility index (Phi) is 6.84. The largest absolute Gasteiger partial charge is 0.348 e. The maximum absolute atomic E-state index is 12.0. The van der Waals surface area contributed by atoms with Gasteiger partial charge in [0.2, 0.25) is 0 Å². The van der Waals surface area contributed by atoms with Gasteiger partial charge in [-0.05, 0) is 56.9 Å². The molecule has 2 amide bonds. The van der Waals surface area contributed by atoms with Gasteiger partial charge in [0.15, 0.2) is 0 Å². The third-order valence-electron chi connectivity index (χ3n) is 5.77. The summed E-state index contributed by atoms with van der Waals surface area (Å²) in [6, 6.07) is 0.969. The molecule has 0 radical (unpaired) electrons. The van der Waals surface area contributed by atoms with Crippen LogP contribution in [0, 0.1) is 5.92 Å². The third kappa shape index (κ3) is 5.12. The quantitative estimate of drug-likeness (QED) is 0.756. The van der Waals surface area contributed by atoms with E-state index in [0.717, 1.165) is 57.7 Å². The van der Waals surface area contributed by atoms with Crippen molar-refractivity contribution in [1.82, 2.24) is 15.5 Å². The molecule has 1 unspecified atom stereocenters. The van der Waals surface area contributed by atoms with Crippen LogP contribution >= 0.6 is 11.8 Å². The van der Waals surface area contributed by atoms with Gasteiger partial charge < -0.3 is 10.6 Å². The highest BCUT2D eigenvalue weighted by molar-refractivity contribution is 7.99. The number of thioether (sulfide) groups is 1. The van der Waals surface area contributed by atoms with Gasteiger partial charge in [-0.1, -0.05) is 19.3 Å². The molecule has 2 heterocycles. The summed E-state index contributed by atoms with van der Waals surface area (Å²) in [6.07, 6.45) is 9.17. The first-order valence-electron chi connectivity index (χ1n) is 9.63. The predicted octanol–water partition coefficient (Wildman–Crippen LogP) is 1.77. The lowest BCUT2D eigenvalue weighted by Crippen LogP contribution is -2.47. The summed E-state index contributed by atoms with van der Waals surface area (Å²) in [4.78, 5) is 26.6. The maximum Gasteiger partial charge on any atom is 0.309 e. The van der Waals surface area contributed by atoms with E-state index in [9.17, 15) is 9.59 Å². The molecule has 1 aliphatic carbocycles. The lowest BCUT2D eigenvalue weighted by atomic mass is 9.95. The summed E-state index contributed by atoms with van der Waals surface area (Å²) in [5.41, 5.74) is 0. The second-order valence-electron chi connectivity index (χ2n) is 7.52. The summed E-state index contributed by atoms with van der Waals surface area (Å²) < 4.78 is 0. The molecule has 3 fully saturated rings. The number of rotatable bonds is 4. The van der Waals surface area contributed by atoms with Crippen molar-refractivity contribution in [3.8, 4) is 0 Å². The van der Waals surface area contributed by atoms with Crippen molar-refractivity contribution in [2.75, 3.05) is 31.1 Å². The predicted molar refractivity (Wildman–Crippen MR) is 98.1 cm³/mol. The number of hydrogen-bond donors (Lipinski definition) is 2. The molecule has 0 spiro atoms. The van der Waals surface area contributed by atoms with Crippen LogP contribution in [-0.4, -0.2) is 59.9 Å². The fraction of sp³-hybridized carbons (Fsp3) is 0.889. The van der Waals surface area contributed by atoms with E-state index in [1.807, 2.05) is 0 Å². The van der Waals surface area contributed by atoms with E-state index < -0.39 is 11.8 Å². The molecule has 1 atom stereocenters. The topological polar surface area (TPSA) is 61.4 Å². The van der Waals surface area contributed by atoms with Crippen LogP contribution in [0.3, 0.4) is 0 Å². The van der Waals surface area contributed by atoms with Crippen molar-refractivity contribution in [2.24, 2.45) is 5.92 Å². The first-order chi connectivity index (χ1) is 11.7.